The molecular weight excluding hydrogens is 408 g/mol. The summed E-state index contributed by atoms with van der Waals surface area (Å²) in [6.45, 7) is 4.41. The van der Waals surface area contributed by atoms with Gasteiger partial charge in [-0.25, -0.2) is 0 Å². The molecule has 0 N–H and O–H groups in total. The van der Waals surface area contributed by atoms with Crippen LogP contribution in [0.25, 0.3) is 4.91 Å². The zero-order chi connectivity index (χ0) is 17.7. The van der Waals surface area contributed by atoms with Gasteiger partial charge in [-0.1, -0.05) is 28.1 Å². The minimum Gasteiger partial charge on any atom is -0.355 e. The molecule has 0 radical (unpaired) electrons. The lowest BCUT2D eigenvalue weighted by Crippen LogP contribution is -2.47. The number of nitrogens with zero attached hydrogens (tertiary/aromatic N) is 2. The van der Waals surface area contributed by atoms with Crippen molar-refractivity contribution in [3.8, 4) is 0 Å². The van der Waals surface area contributed by atoms with Crippen molar-refractivity contribution in [3.05, 3.63) is 39.9 Å². The van der Waals surface area contributed by atoms with Crippen molar-refractivity contribution < 1.29 is 17.9 Å². The van der Waals surface area contributed by atoms with Crippen LogP contribution in [-0.2, 0) is 19.5 Å². The number of piperidine rings is 1. The Morgan fingerprint density at radius 1 is 1.20 bits per heavy atom. The first kappa shape index (κ1) is 17.2. The van der Waals surface area contributed by atoms with Gasteiger partial charge in [0.05, 0.1) is 13.2 Å². The van der Waals surface area contributed by atoms with Crippen LogP contribution in [0.3, 0.4) is 0 Å². The number of halogens is 1. The molecule has 3 heterocycles. The maximum absolute atomic E-state index is 12.6. The Balaban J connectivity index is 1.63. The van der Waals surface area contributed by atoms with Gasteiger partial charge in [0, 0.05) is 36.0 Å². The van der Waals surface area contributed by atoms with Crippen molar-refractivity contribution in [1.82, 2.24) is 4.90 Å². The number of likely N-dealkylation sites (tertiary alicyclic amines) is 1. The molecule has 1 spiro atoms. The molecule has 0 aromatic heterocycles. The third-order valence-electron chi connectivity index (χ3n) is 4.87. The highest BCUT2D eigenvalue weighted by Crippen LogP contribution is 2.37. The number of rotatable bonds is 1. The third-order valence-corrected chi connectivity index (χ3v) is 6.83. The van der Waals surface area contributed by atoms with Gasteiger partial charge in [-0.2, -0.15) is 8.42 Å². The second-order valence-electron chi connectivity index (χ2n) is 6.45. The molecule has 0 atom stereocenters. The van der Waals surface area contributed by atoms with Gasteiger partial charge in [0.2, 0.25) is 0 Å². The highest BCUT2D eigenvalue weighted by Gasteiger charge is 2.42. The normalized spacial score (nSPS) is 24.9. The summed E-state index contributed by atoms with van der Waals surface area (Å²) >= 11 is 3.40. The summed E-state index contributed by atoms with van der Waals surface area (Å²) < 4.78 is 41.7. The second kappa shape index (κ2) is 6.19. The average Bonchev–Trinajstić information content (AvgIpc) is 3.11. The van der Waals surface area contributed by atoms with Crippen molar-refractivity contribution in [2.75, 3.05) is 26.3 Å². The molecule has 2 saturated heterocycles. The Bertz CT molecular complexity index is 862. The minimum atomic E-state index is -3.69. The maximum Gasteiger partial charge on any atom is 0.285 e. The van der Waals surface area contributed by atoms with E-state index in [1.54, 1.807) is 12.1 Å². The summed E-state index contributed by atoms with van der Waals surface area (Å²) in [5.74, 6) is 0.0575. The van der Waals surface area contributed by atoms with E-state index in [4.69, 9.17) is 9.47 Å². The number of sulfonamides is 1. The Kier molecular flexibility index (Phi) is 4.26. The summed E-state index contributed by atoms with van der Waals surface area (Å²) in [7, 11) is -3.69. The Morgan fingerprint density at radius 2 is 1.88 bits per heavy atom. The Hall–Kier alpha value is -1.22. The standard InChI is InChI=1S/C17H19BrN2O4S/c1-12-15(13-3-2-4-14(18)11-13)25(21,22)19-16(12)20-7-5-17(6-8-20)23-9-10-24-17/h2-4,11H,5-10H2,1H3. The van der Waals surface area contributed by atoms with Gasteiger partial charge in [-0.3, -0.25) is 0 Å². The first-order valence-electron chi connectivity index (χ1n) is 8.25. The first-order chi connectivity index (χ1) is 11.9. The highest BCUT2D eigenvalue weighted by atomic mass is 79.9. The maximum atomic E-state index is 12.6. The van der Waals surface area contributed by atoms with Gasteiger partial charge in [0.25, 0.3) is 10.0 Å². The van der Waals surface area contributed by atoms with Crippen LogP contribution in [0.2, 0.25) is 0 Å². The van der Waals surface area contributed by atoms with Crippen LogP contribution >= 0.6 is 15.9 Å². The third kappa shape index (κ3) is 3.05. The van der Waals surface area contributed by atoms with Crippen LogP contribution in [0.5, 0.6) is 0 Å². The molecule has 6 nitrogen and oxygen atoms in total. The lowest BCUT2D eigenvalue weighted by molar-refractivity contribution is -0.180. The van der Waals surface area contributed by atoms with E-state index < -0.39 is 15.8 Å². The molecule has 0 bridgehead atoms. The number of hydrogen-bond donors (Lipinski definition) is 0. The van der Waals surface area contributed by atoms with Crippen molar-refractivity contribution >= 4 is 36.7 Å². The van der Waals surface area contributed by atoms with Crippen LogP contribution in [0.4, 0.5) is 0 Å². The zero-order valence-electron chi connectivity index (χ0n) is 13.9. The lowest BCUT2D eigenvalue weighted by atomic mass is 10.0. The SMILES string of the molecule is CC1=C(c2cccc(Br)c2)S(=O)(=O)N=C1N1CCC2(CC1)OCCO2. The van der Waals surface area contributed by atoms with Gasteiger partial charge >= 0.3 is 0 Å². The smallest absolute Gasteiger partial charge is 0.285 e. The highest BCUT2D eigenvalue weighted by molar-refractivity contribution is 9.10. The minimum absolute atomic E-state index is 0.289. The summed E-state index contributed by atoms with van der Waals surface area (Å²) in [5.41, 5.74) is 1.35. The van der Waals surface area contributed by atoms with Crippen molar-refractivity contribution in [3.63, 3.8) is 0 Å². The summed E-state index contributed by atoms with van der Waals surface area (Å²) in [4.78, 5) is 2.31. The monoisotopic (exact) mass is 426 g/mol. The molecular formula is C17H19BrN2O4S. The first-order valence-corrected chi connectivity index (χ1v) is 10.5. The molecule has 3 aliphatic rings. The summed E-state index contributed by atoms with van der Waals surface area (Å²) in [6, 6.07) is 7.30. The fourth-order valence-corrected chi connectivity index (χ4v) is 5.53. The van der Waals surface area contributed by atoms with E-state index >= 15 is 0 Å². The van der Waals surface area contributed by atoms with Gasteiger partial charge < -0.3 is 14.4 Å². The molecule has 134 valence electrons. The van der Waals surface area contributed by atoms with Crippen LogP contribution in [0, 0.1) is 0 Å². The molecule has 2 fully saturated rings. The van der Waals surface area contributed by atoms with Crippen LogP contribution < -0.4 is 0 Å². The van der Waals surface area contributed by atoms with E-state index in [-0.39, 0.29) is 4.91 Å². The van der Waals surface area contributed by atoms with E-state index in [1.165, 1.54) is 0 Å². The molecule has 0 unspecified atom stereocenters. The molecule has 8 heteroatoms. The molecule has 0 saturated carbocycles. The van der Waals surface area contributed by atoms with E-state index in [9.17, 15) is 8.42 Å². The fraction of sp³-hybridized carbons (Fsp3) is 0.471. The van der Waals surface area contributed by atoms with Gasteiger partial charge in [-0.15, -0.1) is 4.40 Å². The largest absolute Gasteiger partial charge is 0.355 e. The number of ether oxygens (including phenoxy) is 2. The van der Waals surface area contributed by atoms with Crippen molar-refractivity contribution in [2.24, 2.45) is 4.40 Å². The van der Waals surface area contributed by atoms with E-state index in [2.05, 4.69) is 20.3 Å². The average molecular weight is 427 g/mol. The van der Waals surface area contributed by atoms with E-state index in [1.807, 2.05) is 24.0 Å². The number of amidine groups is 1. The Morgan fingerprint density at radius 3 is 2.52 bits per heavy atom. The van der Waals surface area contributed by atoms with Gasteiger partial charge in [0.15, 0.2) is 5.79 Å². The number of benzene rings is 1. The van der Waals surface area contributed by atoms with Crippen LogP contribution in [0.15, 0.2) is 38.7 Å². The van der Waals surface area contributed by atoms with E-state index in [0.717, 1.165) is 4.47 Å². The van der Waals surface area contributed by atoms with Crippen molar-refractivity contribution in [1.29, 1.82) is 0 Å². The fourth-order valence-electron chi connectivity index (χ4n) is 3.66. The topological polar surface area (TPSA) is 68.2 Å². The molecule has 25 heavy (non-hydrogen) atoms. The van der Waals surface area contributed by atoms with Crippen LogP contribution in [-0.4, -0.2) is 51.2 Å². The quantitative estimate of drug-likeness (QED) is 0.690. The van der Waals surface area contributed by atoms with Crippen molar-refractivity contribution in [2.45, 2.75) is 25.6 Å². The summed E-state index contributed by atoms with van der Waals surface area (Å²) in [5, 5.41) is 0. The lowest BCUT2D eigenvalue weighted by Gasteiger charge is -2.38. The molecule has 3 aliphatic heterocycles. The molecule has 0 amide bonds. The molecule has 0 aliphatic carbocycles. The molecule has 1 aromatic rings. The van der Waals surface area contributed by atoms with Crippen LogP contribution in [0.1, 0.15) is 25.3 Å². The number of hydrogen-bond acceptors (Lipinski definition) is 5. The predicted molar refractivity (Wildman–Crippen MR) is 98.5 cm³/mol. The summed E-state index contributed by atoms with van der Waals surface area (Å²) in [6.07, 6.45) is 1.43. The predicted octanol–water partition coefficient (Wildman–Crippen LogP) is 2.76. The molecule has 1 aromatic carbocycles. The second-order valence-corrected chi connectivity index (χ2v) is 8.91. The van der Waals surface area contributed by atoms with E-state index in [0.29, 0.717) is 56.1 Å². The van der Waals surface area contributed by atoms with Gasteiger partial charge in [0.1, 0.15) is 10.7 Å². The van der Waals surface area contributed by atoms with Gasteiger partial charge in [-0.05, 0) is 24.6 Å². The zero-order valence-corrected chi connectivity index (χ0v) is 16.3. The Labute approximate surface area is 155 Å². The molecule has 4 rings (SSSR count).